The summed E-state index contributed by atoms with van der Waals surface area (Å²) >= 11 is 1.16. The van der Waals surface area contributed by atoms with E-state index >= 15 is 0 Å². The molecule has 0 atom stereocenters. The van der Waals surface area contributed by atoms with Gasteiger partial charge in [-0.1, -0.05) is 54.2 Å². The molecule has 0 aliphatic rings. The SMILES string of the molecule is Cc1ccccc1-n1c(SCC(=O)Nc2cccc(F)c2)nc2c([nH]c3ccccc32)c1=O. The summed E-state index contributed by atoms with van der Waals surface area (Å²) in [7, 11) is 0. The topological polar surface area (TPSA) is 79.8 Å². The first-order valence-corrected chi connectivity index (χ1v) is 11.3. The molecule has 2 aromatic heterocycles. The van der Waals surface area contributed by atoms with Crippen molar-refractivity contribution in [3.05, 3.63) is 94.5 Å². The van der Waals surface area contributed by atoms with Gasteiger partial charge in [0.15, 0.2) is 5.16 Å². The second-order valence-corrected chi connectivity index (χ2v) is 8.51. The lowest BCUT2D eigenvalue weighted by molar-refractivity contribution is -0.113. The molecule has 0 saturated carbocycles. The second kappa shape index (κ2) is 8.55. The van der Waals surface area contributed by atoms with Gasteiger partial charge in [0.25, 0.3) is 5.56 Å². The van der Waals surface area contributed by atoms with Crippen molar-refractivity contribution in [1.82, 2.24) is 14.5 Å². The summed E-state index contributed by atoms with van der Waals surface area (Å²) in [6.07, 6.45) is 0. The van der Waals surface area contributed by atoms with Gasteiger partial charge < -0.3 is 10.3 Å². The van der Waals surface area contributed by atoms with Gasteiger partial charge in [0, 0.05) is 16.6 Å². The fraction of sp³-hybridized carbons (Fsp3) is 0.0800. The van der Waals surface area contributed by atoms with Crippen LogP contribution in [0.5, 0.6) is 0 Å². The van der Waals surface area contributed by atoms with E-state index in [1.807, 2.05) is 55.5 Å². The Hall–Kier alpha value is -3.91. The van der Waals surface area contributed by atoms with Crippen molar-refractivity contribution in [3.63, 3.8) is 0 Å². The standard InChI is InChI=1S/C25H19FN4O2S/c1-15-7-2-5-12-20(15)30-24(32)23-22(18-10-3-4-11-19(18)28-23)29-25(30)33-14-21(31)27-17-9-6-8-16(26)13-17/h2-13,28H,14H2,1H3,(H,27,31). The minimum Gasteiger partial charge on any atom is -0.349 e. The number of amides is 1. The fourth-order valence-electron chi connectivity index (χ4n) is 3.76. The van der Waals surface area contributed by atoms with Crippen molar-refractivity contribution in [2.24, 2.45) is 0 Å². The van der Waals surface area contributed by atoms with Gasteiger partial charge in [-0.2, -0.15) is 0 Å². The number of nitrogens with one attached hydrogen (secondary N) is 2. The van der Waals surface area contributed by atoms with Crippen molar-refractivity contribution < 1.29 is 9.18 Å². The number of H-pyrrole nitrogens is 1. The molecule has 0 bridgehead atoms. The normalized spacial score (nSPS) is 11.2. The molecule has 33 heavy (non-hydrogen) atoms. The lowest BCUT2D eigenvalue weighted by Crippen LogP contribution is -2.23. The average molecular weight is 459 g/mol. The molecule has 0 spiro atoms. The number of halogens is 1. The minimum atomic E-state index is -0.430. The maximum atomic E-state index is 13.6. The van der Waals surface area contributed by atoms with Crippen LogP contribution >= 0.6 is 11.8 Å². The third-order valence-corrected chi connectivity index (χ3v) is 6.23. The smallest absolute Gasteiger partial charge is 0.283 e. The van der Waals surface area contributed by atoms with E-state index in [-0.39, 0.29) is 17.2 Å². The maximum Gasteiger partial charge on any atom is 0.283 e. The largest absolute Gasteiger partial charge is 0.349 e. The van der Waals surface area contributed by atoms with Crippen LogP contribution in [-0.4, -0.2) is 26.2 Å². The van der Waals surface area contributed by atoms with E-state index in [1.165, 1.54) is 22.8 Å². The lowest BCUT2D eigenvalue weighted by atomic mass is 10.2. The van der Waals surface area contributed by atoms with Crippen LogP contribution in [0.4, 0.5) is 10.1 Å². The first-order chi connectivity index (χ1) is 16.0. The first kappa shape index (κ1) is 21.0. The number of para-hydroxylation sites is 2. The summed E-state index contributed by atoms with van der Waals surface area (Å²) in [4.78, 5) is 34.1. The Bertz CT molecular complexity index is 1570. The van der Waals surface area contributed by atoms with Crippen LogP contribution in [0.2, 0.25) is 0 Å². The zero-order valence-corrected chi connectivity index (χ0v) is 18.4. The molecule has 0 saturated heterocycles. The minimum absolute atomic E-state index is 0.00268. The van der Waals surface area contributed by atoms with Crippen molar-refractivity contribution >= 4 is 45.3 Å². The summed E-state index contributed by atoms with van der Waals surface area (Å²) in [6, 6.07) is 20.8. The number of aromatic nitrogens is 3. The number of carbonyl (C=O) groups excluding carboxylic acids is 1. The van der Waals surface area contributed by atoms with E-state index in [4.69, 9.17) is 4.98 Å². The molecule has 0 fully saturated rings. The predicted octanol–water partition coefficient (Wildman–Crippen LogP) is 5.05. The molecule has 0 aliphatic heterocycles. The van der Waals surface area contributed by atoms with Gasteiger partial charge in [0.05, 0.1) is 11.4 Å². The third kappa shape index (κ3) is 4.01. The Labute approximate surface area is 192 Å². The van der Waals surface area contributed by atoms with Gasteiger partial charge in [0.1, 0.15) is 16.9 Å². The summed E-state index contributed by atoms with van der Waals surface area (Å²) in [5.74, 6) is -0.751. The molecular weight excluding hydrogens is 439 g/mol. The third-order valence-electron chi connectivity index (χ3n) is 5.29. The van der Waals surface area contributed by atoms with Gasteiger partial charge in [-0.05, 0) is 42.8 Å². The quantitative estimate of drug-likeness (QED) is 0.286. The van der Waals surface area contributed by atoms with Gasteiger partial charge >= 0.3 is 0 Å². The summed E-state index contributed by atoms with van der Waals surface area (Å²) in [6.45, 7) is 1.92. The monoisotopic (exact) mass is 458 g/mol. The molecule has 2 N–H and O–H groups in total. The molecular formula is C25H19FN4O2S. The first-order valence-electron chi connectivity index (χ1n) is 10.3. The molecule has 2 heterocycles. The lowest BCUT2D eigenvalue weighted by Gasteiger charge is -2.14. The highest BCUT2D eigenvalue weighted by Crippen LogP contribution is 2.27. The van der Waals surface area contributed by atoms with Crippen molar-refractivity contribution in [1.29, 1.82) is 0 Å². The highest BCUT2D eigenvalue weighted by Gasteiger charge is 2.19. The number of carbonyl (C=O) groups is 1. The van der Waals surface area contributed by atoms with Crippen molar-refractivity contribution in [2.75, 3.05) is 11.1 Å². The molecule has 5 rings (SSSR count). The Morgan fingerprint density at radius 2 is 1.88 bits per heavy atom. The van der Waals surface area contributed by atoms with E-state index in [9.17, 15) is 14.0 Å². The summed E-state index contributed by atoms with van der Waals surface area (Å²) in [5, 5.41) is 3.92. The molecule has 1 amide bonds. The molecule has 3 aromatic carbocycles. The highest BCUT2D eigenvalue weighted by atomic mass is 32.2. The number of hydrogen-bond donors (Lipinski definition) is 2. The Kier molecular flexibility index (Phi) is 5.43. The molecule has 8 heteroatoms. The number of hydrogen-bond acceptors (Lipinski definition) is 4. The number of nitrogens with zero attached hydrogens (tertiary/aromatic N) is 2. The predicted molar refractivity (Wildman–Crippen MR) is 130 cm³/mol. The highest BCUT2D eigenvalue weighted by molar-refractivity contribution is 7.99. The van der Waals surface area contributed by atoms with Crippen LogP contribution in [0, 0.1) is 12.7 Å². The number of anilines is 1. The molecule has 0 aliphatic carbocycles. The summed E-state index contributed by atoms with van der Waals surface area (Å²) < 4.78 is 15.0. The Morgan fingerprint density at radius 3 is 2.70 bits per heavy atom. The number of benzene rings is 3. The van der Waals surface area contributed by atoms with Gasteiger partial charge in [-0.15, -0.1) is 0 Å². The number of aromatic amines is 1. The van der Waals surface area contributed by atoms with Crippen molar-refractivity contribution in [3.8, 4) is 5.69 Å². The molecule has 5 aromatic rings. The van der Waals surface area contributed by atoms with Gasteiger partial charge in [-0.3, -0.25) is 14.2 Å². The van der Waals surface area contributed by atoms with E-state index in [0.29, 0.717) is 27.6 Å². The molecule has 0 radical (unpaired) electrons. The van der Waals surface area contributed by atoms with E-state index in [2.05, 4.69) is 10.3 Å². The van der Waals surface area contributed by atoms with Crippen molar-refractivity contribution in [2.45, 2.75) is 12.1 Å². The average Bonchev–Trinajstić information content (AvgIpc) is 3.18. The zero-order chi connectivity index (χ0) is 22.9. The van der Waals surface area contributed by atoms with Crippen LogP contribution in [0.25, 0.3) is 27.6 Å². The van der Waals surface area contributed by atoms with Crippen LogP contribution in [-0.2, 0) is 4.79 Å². The number of thioether (sulfide) groups is 1. The summed E-state index contributed by atoms with van der Waals surface area (Å²) in [5.41, 5.74) is 3.53. The molecule has 164 valence electrons. The van der Waals surface area contributed by atoms with E-state index in [0.717, 1.165) is 28.2 Å². The van der Waals surface area contributed by atoms with Crippen LogP contribution in [0.15, 0.2) is 82.7 Å². The maximum absolute atomic E-state index is 13.6. The fourth-order valence-corrected chi connectivity index (χ4v) is 4.56. The molecule has 6 nitrogen and oxygen atoms in total. The number of fused-ring (bicyclic) bond motifs is 3. The van der Waals surface area contributed by atoms with Crippen LogP contribution < -0.4 is 10.9 Å². The zero-order valence-electron chi connectivity index (χ0n) is 17.6. The van der Waals surface area contributed by atoms with E-state index in [1.54, 1.807) is 6.07 Å². The Morgan fingerprint density at radius 1 is 1.09 bits per heavy atom. The Balaban J connectivity index is 1.58. The number of rotatable bonds is 5. The molecule has 0 unspecified atom stereocenters. The van der Waals surface area contributed by atoms with Crippen LogP contribution in [0.3, 0.4) is 0 Å². The van der Waals surface area contributed by atoms with E-state index < -0.39 is 5.82 Å². The van der Waals surface area contributed by atoms with Crippen LogP contribution in [0.1, 0.15) is 5.56 Å². The number of aryl methyl sites for hydroxylation is 1. The van der Waals surface area contributed by atoms with Gasteiger partial charge in [0.2, 0.25) is 5.91 Å². The van der Waals surface area contributed by atoms with Gasteiger partial charge in [-0.25, -0.2) is 9.37 Å². The second-order valence-electron chi connectivity index (χ2n) is 7.56.